The molecule has 3 aromatic carbocycles. The number of aromatic nitrogens is 1. The van der Waals surface area contributed by atoms with Gasteiger partial charge in [0.2, 0.25) is 11.8 Å². The van der Waals surface area contributed by atoms with Crippen molar-refractivity contribution in [2.45, 2.75) is 25.4 Å². The predicted molar refractivity (Wildman–Crippen MR) is 200 cm³/mol. The number of methoxy groups -OCH3 is 1. The molecule has 1 fully saturated rings. The summed E-state index contributed by atoms with van der Waals surface area (Å²) in [4.78, 5) is 33.4. The van der Waals surface area contributed by atoms with Crippen molar-refractivity contribution in [3.8, 4) is 11.5 Å². The highest BCUT2D eigenvalue weighted by Crippen LogP contribution is 2.47. The number of anilines is 3. The monoisotopic (exact) mass is 787 g/mol. The minimum Gasteiger partial charge on any atom is -0.504 e. The Balaban J connectivity index is 1.24. The molecule has 2 amide bonds. The maximum Gasteiger partial charge on any atom is 0.238 e. The molecule has 0 saturated carbocycles. The number of para-hydroxylation sites is 1. The molecule has 4 aromatic rings. The molecule has 1 saturated heterocycles. The third kappa shape index (κ3) is 7.17. The molecule has 0 radical (unpaired) electrons. The van der Waals surface area contributed by atoms with E-state index in [2.05, 4.69) is 10.3 Å². The van der Waals surface area contributed by atoms with Crippen LogP contribution in [0.15, 0.2) is 102 Å². The highest BCUT2D eigenvalue weighted by Gasteiger charge is 2.55. The zero-order valence-electron chi connectivity index (χ0n) is 27.4. The number of amides is 2. The molecule has 2 aliphatic rings. The van der Waals surface area contributed by atoms with E-state index in [1.807, 2.05) is 83.3 Å². The van der Waals surface area contributed by atoms with Gasteiger partial charge in [0.05, 0.1) is 53.2 Å². The van der Waals surface area contributed by atoms with Crippen molar-refractivity contribution in [1.29, 1.82) is 0 Å². The molecule has 1 aliphatic heterocycles. The van der Waals surface area contributed by atoms with Crippen molar-refractivity contribution in [3.05, 3.63) is 117 Å². The second kappa shape index (κ2) is 15.5. The molecule has 50 heavy (non-hydrogen) atoms. The summed E-state index contributed by atoms with van der Waals surface area (Å²) in [5.41, 5.74) is 5.24. The molecule has 6 rings (SSSR count). The lowest BCUT2D eigenvalue weighted by Gasteiger charge is -2.36. The zero-order valence-corrected chi connectivity index (χ0v) is 29.5. The molecule has 0 spiro atoms. The SMILES string of the molecule is COc1cc(/C=C(/CC[C@@H](O)C2=C(CO)C[C@H]3C(=O)N(c4ccc(Nc5ccccc5)cc4)C(=O)[C@H]3[C@H]2CO)c2ccccn2)cc(I)c1O. The highest BCUT2D eigenvalue weighted by atomic mass is 127. The maximum absolute atomic E-state index is 14.0. The number of nitrogens with zero attached hydrogens (tertiary/aromatic N) is 2. The lowest BCUT2D eigenvalue weighted by molar-refractivity contribution is -0.123. The van der Waals surface area contributed by atoms with Crippen LogP contribution in [0.4, 0.5) is 17.1 Å². The first-order valence-corrected chi connectivity index (χ1v) is 17.4. The maximum atomic E-state index is 14.0. The number of carbonyl (C=O) groups is 2. The number of benzene rings is 3. The summed E-state index contributed by atoms with van der Waals surface area (Å²) in [6, 6.07) is 25.7. The third-order valence-corrected chi connectivity index (χ3v) is 10.2. The van der Waals surface area contributed by atoms with E-state index in [9.17, 15) is 30.0 Å². The largest absolute Gasteiger partial charge is 0.504 e. The smallest absolute Gasteiger partial charge is 0.238 e. The van der Waals surface area contributed by atoms with Gasteiger partial charge in [0.1, 0.15) is 0 Å². The number of rotatable bonds is 12. The highest BCUT2D eigenvalue weighted by molar-refractivity contribution is 14.1. The number of imide groups is 1. The van der Waals surface area contributed by atoms with Crippen LogP contribution in [0, 0.1) is 21.3 Å². The van der Waals surface area contributed by atoms with Crippen LogP contribution in [0.5, 0.6) is 11.5 Å². The Kier molecular flexibility index (Phi) is 11.0. The normalized spacial score (nSPS) is 19.8. The van der Waals surface area contributed by atoms with Gasteiger partial charge in [0.15, 0.2) is 11.5 Å². The van der Waals surface area contributed by atoms with Gasteiger partial charge in [-0.25, -0.2) is 0 Å². The van der Waals surface area contributed by atoms with Crippen LogP contribution in [0.2, 0.25) is 0 Å². The average Bonchev–Trinajstić information content (AvgIpc) is 3.39. The van der Waals surface area contributed by atoms with Crippen LogP contribution in [0.25, 0.3) is 11.6 Å². The van der Waals surface area contributed by atoms with Crippen LogP contribution in [0.1, 0.15) is 30.5 Å². The van der Waals surface area contributed by atoms with Crippen molar-refractivity contribution in [2.75, 3.05) is 30.5 Å². The van der Waals surface area contributed by atoms with E-state index in [-0.39, 0.29) is 24.5 Å². The van der Waals surface area contributed by atoms with E-state index in [0.717, 1.165) is 22.5 Å². The number of ether oxygens (including phenoxy) is 1. The number of fused-ring (bicyclic) bond motifs is 1. The molecule has 11 heteroatoms. The zero-order chi connectivity index (χ0) is 35.4. The Labute approximate surface area is 303 Å². The van der Waals surface area contributed by atoms with E-state index in [1.165, 1.54) is 12.0 Å². The Hall–Kier alpha value is -4.56. The lowest BCUT2D eigenvalue weighted by atomic mass is 9.68. The summed E-state index contributed by atoms with van der Waals surface area (Å²) in [6.07, 6.45) is 3.14. The van der Waals surface area contributed by atoms with Gasteiger partial charge in [-0.05, 0) is 131 Å². The summed E-state index contributed by atoms with van der Waals surface area (Å²) < 4.78 is 5.95. The molecule has 258 valence electrons. The lowest BCUT2D eigenvalue weighted by Crippen LogP contribution is -2.39. The molecule has 2 heterocycles. The number of aromatic hydroxyl groups is 1. The van der Waals surface area contributed by atoms with Gasteiger partial charge < -0.3 is 30.5 Å². The van der Waals surface area contributed by atoms with Gasteiger partial charge in [0.25, 0.3) is 0 Å². The number of hydrogen-bond acceptors (Lipinski definition) is 9. The Morgan fingerprint density at radius 3 is 2.40 bits per heavy atom. The number of phenols is 1. The van der Waals surface area contributed by atoms with Gasteiger partial charge in [-0.2, -0.15) is 0 Å². The van der Waals surface area contributed by atoms with Crippen molar-refractivity contribution < 1.29 is 34.8 Å². The van der Waals surface area contributed by atoms with Crippen molar-refractivity contribution in [1.82, 2.24) is 4.98 Å². The second-order valence-electron chi connectivity index (χ2n) is 12.4. The minimum absolute atomic E-state index is 0.0461. The first-order valence-electron chi connectivity index (χ1n) is 16.3. The number of aliphatic hydroxyl groups is 3. The number of halogens is 1. The van der Waals surface area contributed by atoms with Gasteiger partial charge in [-0.15, -0.1) is 0 Å². The number of hydrogen-bond donors (Lipinski definition) is 5. The van der Waals surface area contributed by atoms with E-state index in [1.54, 1.807) is 36.5 Å². The van der Waals surface area contributed by atoms with Crippen LogP contribution in [-0.4, -0.2) is 63.7 Å². The topological polar surface area (TPSA) is 152 Å². The Morgan fingerprint density at radius 2 is 1.74 bits per heavy atom. The first-order chi connectivity index (χ1) is 24.2. The summed E-state index contributed by atoms with van der Waals surface area (Å²) in [5, 5.41) is 46.5. The third-order valence-electron chi connectivity index (χ3n) is 9.41. The van der Waals surface area contributed by atoms with E-state index >= 15 is 0 Å². The first kappa shape index (κ1) is 35.3. The molecule has 4 atom stereocenters. The van der Waals surface area contributed by atoms with E-state index in [0.29, 0.717) is 38.3 Å². The number of aliphatic hydroxyl groups excluding tert-OH is 3. The number of nitrogens with one attached hydrogen (secondary N) is 1. The van der Waals surface area contributed by atoms with Crippen molar-refractivity contribution >= 4 is 63.1 Å². The standard InChI is InChI=1S/C39H38IN3O7/c1-50-34-19-23(18-31(40)37(34)47)17-24(32-9-5-6-16-41-32)10-15-33(46)35-25(21-44)20-29-36(30(35)22-45)39(49)43(38(29)48)28-13-11-27(12-14-28)42-26-7-3-2-4-8-26/h2-9,11-14,16-19,29-30,33,36,42,44-47H,10,15,20-22H2,1H3/b24-17-/t29-,30+,33-,36-/m1/s1. The number of allylic oxidation sites excluding steroid dienone is 1. The fourth-order valence-corrected chi connectivity index (χ4v) is 7.68. The number of carbonyl (C=O) groups excluding carboxylic acids is 2. The fraction of sp³-hybridized carbons (Fsp3) is 0.256. The van der Waals surface area contributed by atoms with E-state index in [4.69, 9.17) is 4.74 Å². The van der Waals surface area contributed by atoms with Crippen LogP contribution in [0.3, 0.4) is 0 Å². The van der Waals surface area contributed by atoms with Crippen molar-refractivity contribution in [2.24, 2.45) is 17.8 Å². The Morgan fingerprint density at radius 1 is 1.02 bits per heavy atom. The van der Waals surface area contributed by atoms with Gasteiger partial charge in [0, 0.05) is 23.5 Å². The number of phenolic OH excluding ortho intramolecular Hbond substituents is 1. The minimum atomic E-state index is -1.11. The molecular weight excluding hydrogens is 749 g/mol. The molecule has 0 bridgehead atoms. The quantitative estimate of drug-likeness (QED) is 0.0669. The summed E-state index contributed by atoms with van der Waals surface area (Å²) in [5.74, 6) is -2.95. The second-order valence-corrected chi connectivity index (χ2v) is 13.5. The van der Waals surface area contributed by atoms with Gasteiger partial charge in [-0.3, -0.25) is 19.5 Å². The fourth-order valence-electron chi connectivity index (χ4n) is 7.05. The van der Waals surface area contributed by atoms with Crippen molar-refractivity contribution in [3.63, 3.8) is 0 Å². The van der Waals surface area contributed by atoms with E-state index < -0.39 is 43.0 Å². The summed E-state index contributed by atoms with van der Waals surface area (Å²) in [7, 11) is 1.48. The molecule has 5 N–H and O–H groups in total. The molecule has 10 nitrogen and oxygen atoms in total. The average molecular weight is 788 g/mol. The van der Waals surface area contributed by atoms with Gasteiger partial charge >= 0.3 is 0 Å². The van der Waals surface area contributed by atoms with Crippen LogP contribution in [-0.2, 0) is 9.59 Å². The molecule has 1 aliphatic carbocycles. The van der Waals surface area contributed by atoms with Crippen LogP contribution < -0.4 is 15.0 Å². The van der Waals surface area contributed by atoms with Gasteiger partial charge in [-0.1, -0.05) is 24.3 Å². The Bertz CT molecular complexity index is 1920. The van der Waals surface area contributed by atoms with Crippen LogP contribution >= 0.6 is 22.6 Å². The summed E-state index contributed by atoms with van der Waals surface area (Å²) >= 11 is 2.03. The predicted octanol–water partition coefficient (Wildman–Crippen LogP) is 5.93. The molecule has 1 aromatic heterocycles. The number of pyridine rings is 1. The molecule has 0 unspecified atom stereocenters. The summed E-state index contributed by atoms with van der Waals surface area (Å²) in [6.45, 7) is -0.888. The molecular formula is C39H38IN3O7.